The van der Waals surface area contributed by atoms with E-state index in [1.54, 1.807) is 6.92 Å². The van der Waals surface area contributed by atoms with Crippen molar-refractivity contribution >= 4 is 24.2 Å². The highest BCUT2D eigenvalue weighted by molar-refractivity contribution is 5.86. The molecule has 0 heterocycles. The van der Waals surface area contributed by atoms with Gasteiger partial charge in [-0.1, -0.05) is 37.3 Å². The van der Waals surface area contributed by atoms with E-state index in [2.05, 4.69) is 0 Å². The van der Waals surface area contributed by atoms with Crippen molar-refractivity contribution in [2.75, 3.05) is 6.54 Å². The summed E-state index contributed by atoms with van der Waals surface area (Å²) in [5, 5.41) is 0. The Balaban J connectivity index is 0.00000400. The van der Waals surface area contributed by atoms with Crippen LogP contribution in [-0.2, 0) is 9.59 Å². The van der Waals surface area contributed by atoms with Crippen LogP contribution in [0.3, 0.4) is 0 Å². The van der Waals surface area contributed by atoms with Crippen LogP contribution in [0.4, 0.5) is 0 Å². The fourth-order valence-corrected chi connectivity index (χ4v) is 2.06. The Morgan fingerprint density at radius 2 is 1.67 bits per heavy atom. The topological polar surface area (TPSA) is 89.4 Å². The molecule has 0 spiro atoms. The summed E-state index contributed by atoms with van der Waals surface area (Å²) in [6, 6.07) is 8.95. The van der Waals surface area contributed by atoms with Gasteiger partial charge in [-0.3, -0.25) is 9.59 Å². The van der Waals surface area contributed by atoms with Crippen LogP contribution in [0.2, 0.25) is 0 Å². The lowest BCUT2D eigenvalue weighted by Crippen LogP contribution is -2.47. The molecule has 2 amide bonds. The number of benzene rings is 1. The van der Waals surface area contributed by atoms with Gasteiger partial charge in [-0.2, -0.15) is 0 Å². The van der Waals surface area contributed by atoms with E-state index in [1.165, 1.54) is 4.90 Å². The Bertz CT molecular complexity index is 465. The molecule has 2 atom stereocenters. The molecule has 0 fully saturated rings. The highest BCUT2D eigenvalue weighted by atomic mass is 35.5. The number of hydrogen-bond acceptors (Lipinski definition) is 3. The van der Waals surface area contributed by atoms with Crippen molar-refractivity contribution < 1.29 is 9.59 Å². The molecule has 21 heavy (non-hydrogen) atoms. The molecule has 0 aliphatic carbocycles. The lowest BCUT2D eigenvalue weighted by Gasteiger charge is -2.30. The molecule has 6 heteroatoms. The summed E-state index contributed by atoms with van der Waals surface area (Å²) >= 11 is 0. The van der Waals surface area contributed by atoms with Crippen molar-refractivity contribution in [3.63, 3.8) is 0 Å². The van der Waals surface area contributed by atoms with E-state index >= 15 is 0 Å². The third-order valence-electron chi connectivity index (χ3n) is 3.35. The van der Waals surface area contributed by atoms with Crippen LogP contribution in [0, 0.1) is 5.92 Å². The minimum Gasteiger partial charge on any atom is -0.368 e. The number of rotatable bonds is 6. The van der Waals surface area contributed by atoms with Gasteiger partial charge in [-0.25, -0.2) is 0 Å². The Hall–Kier alpha value is -1.59. The second-order valence-corrected chi connectivity index (χ2v) is 5.25. The summed E-state index contributed by atoms with van der Waals surface area (Å²) in [6.45, 7) is 5.39. The molecule has 0 aromatic heterocycles. The summed E-state index contributed by atoms with van der Waals surface area (Å²) in [5.74, 6) is -1.10. The van der Waals surface area contributed by atoms with E-state index in [0.717, 1.165) is 5.56 Å². The average molecular weight is 314 g/mol. The van der Waals surface area contributed by atoms with Crippen LogP contribution >= 0.6 is 12.4 Å². The number of nitrogens with two attached hydrogens (primary N) is 2. The predicted octanol–water partition coefficient (Wildman–Crippen LogP) is 1.47. The lowest BCUT2D eigenvalue weighted by atomic mass is 9.94. The van der Waals surface area contributed by atoms with E-state index in [1.807, 2.05) is 44.2 Å². The zero-order valence-electron chi connectivity index (χ0n) is 12.7. The molecule has 0 radical (unpaired) electrons. The normalized spacial score (nSPS) is 13.2. The van der Waals surface area contributed by atoms with Gasteiger partial charge < -0.3 is 16.4 Å². The van der Waals surface area contributed by atoms with Crippen molar-refractivity contribution in [1.29, 1.82) is 0 Å². The number of primary amides is 1. The molecule has 2 unspecified atom stereocenters. The molecule has 5 nitrogen and oxygen atoms in total. The van der Waals surface area contributed by atoms with E-state index < -0.39 is 17.9 Å². The van der Waals surface area contributed by atoms with Crippen molar-refractivity contribution in [2.45, 2.75) is 32.9 Å². The van der Waals surface area contributed by atoms with Crippen LogP contribution in [0.5, 0.6) is 0 Å². The maximum Gasteiger partial charge on any atom is 0.237 e. The maximum atomic E-state index is 12.5. The molecule has 1 aromatic carbocycles. The fourth-order valence-electron chi connectivity index (χ4n) is 2.06. The molecule has 0 bridgehead atoms. The second-order valence-electron chi connectivity index (χ2n) is 5.25. The molecule has 1 aromatic rings. The molecule has 0 saturated carbocycles. The van der Waals surface area contributed by atoms with Gasteiger partial charge in [-0.15, -0.1) is 12.4 Å². The molecule has 0 aliphatic heterocycles. The van der Waals surface area contributed by atoms with Gasteiger partial charge in [-0.05, 0) is 19.4 Å². The number of carbonyl (C=O) groups is 2. The predicted molar refractivity (Wildman–Crippen MR) is 85.8 cm³/mol. The van der Waals surface area contributed by atoms with Gasteiger partial charge in [0.1, 0.15) is 0 Å². The van der Waals surface area contributed by atoms with E-state index in [-0.39, 0.29) is 30.9 Å². The minimum absolute atomic E-state index is 0. The molecule has 0 aliphatic rings. The van der Waals surface area contributed by atoms with Crippen molar-refractivity contribution in [1.82, 2.24) is 4.90 Å². The van der Waals surface area contributed by atoms with Crippen LogP contribution in [0.15, 0.2) is 30.3 Å². The summed E-state index contributed by atoms with van der Waals surface area (Å²) in [6.07, 6.45) is 0. The first-order valence-corrected chi connectivity index (χ1v) is 6.74. The molecule has 4 N–H and O–H groups in total. The van der Waals surface area contributed by atoms with Crippen molar-refractivity contribution in [3.8, 4) is 0 Å². The van der Waals surface area contributed by atoms with Gasteiger partial charge in [0.25, 0.3) is 0 Å². The van der Waals surface area contributed by atoms with E-state index in [4.69, 9.17) is 11.5 Å². The molecule has 118 valence electrons. The molecular formula is C15H24ClN3O2. The molecular weight excluding hydrogens is 290 g/mol. The Kier molecular flexibility index (Phi) is 7.99. The van der Waals surface area contributed by atoms with Crippen LogP contribution in [-0.4, -0.2) is 29.3 Å². The van der Waals surface area contributed by atoms with Crippen LogP contribution in [0.1, 0.15) is 32.4 Å². The Morgan fingerprint density at radius 1 is 1.14 bits per heavy atom. The van der Waals surface area contributed by atoms with Crippen LogP contribution in [0.25, 0.3) is 0 Å². The van der Waals surface area contributed by atoms with Gasteiger partial charge in [0.05, 0.1) is 12.5 Å². The summed E-state index contributed by atoms with van der Waals surface area (Å²) in [4.78, 5) is 25.0. The highest BCUT2D eigenvalue weighted by Crippen LogP contribution is 2.21. The number of amides is 2. The van der Waals surface area contributed by atoms with Crippen molar-refractivity contribution in [3.05, 3.63) is 35.9 Å². The van der Waals surface area contributed by atoms with Crippen molar-refractivity contribution in [2.24, 2.45) is 17.4 Å². The summed E-state index contributed by atoms with van der Waals surface area (Å²) in [7, 11) is 0. The maximum absolute atomic E-state index is 12.5. The monoisotopic (exact) mass is 313 g/mol. The van der Waals surface area contributed by atoms with Gasteiger partial charge in [0.15, 0.2) is 0 Å². The second kappa shape index (κ2) is 8.64. The smallest absolute Gasteiger partial charge is 0.237 e. The van der Waals surface area contributed by atoms with Gasteiger partial charge in [0.2, 0.25) is 11.8 Å². The Labute approximate surface area is 132 Å². The summed E-state index contributed by atoms with van der Waals surface area (Å²) in [5.41, 5.74) is 12.2. The zero-order chi connectivity index (χ0) is 15.3. The van der Waals surface area contributed by atoms with Crippen LogP contribution < -0.4 is 11.5 Å². The van der Waals surface area contributed by atoms with Gasteiger partial charge in [0, 0.05) is 12.1 Å². The number of halogens is 1. The highest BCUT2D eigenvalue weighted by Gasteiger charge is 2.28. The fraction of sp³-hybridized carbons (Fsp3) is 0.467. The third kappa shape index (κ3) is 5.36. The quantitative estimate of drug-likeness (QED) is 0.833. The molecule has 1 rings (SSSR count). The SMILES string of the molecule is CC(C(=O)N(CC(N)=O)C(C)C)C(N)c1ccccc1.Cl. The standard InChI is InChI=1S/C15H23N3O2.ClH/c1-10(2)18(9-13(16)19)15(20)11(3)14(17)12-7-5-4-6-8-12;/h4-8,10-11,14H,9,17H2,1-3H3,(H2,16,19);1H. The first-order chi connectivity index (χ1) is 9.34. The number of nitrogens with zero attached hydrogens (tertiary/aromatic N) is 1. The van der Waals surface area contributed by atoms with Gasteiger partial charge >= 0.3 is 0 Å². The third-order valence-corrected chi connectivity index (χ3v) is 3.35. The first-order valence-electron chi connectivity index (χ1n) is 6.74. The number of carbonyl (C=O) groups excluding carboxylic acids is 2. The van der Waals surface area contributed by atoms with E-state index in [0.29, 0.717) is 0 Å². The summed E-state index contributed by atoms with van der Waals surface area (Å²) < 4.78 is 0. The Morgan fingerprint density at radius 3 is 2.10 bits per heavy atom. The van der Waals surface area contributed by atoms with E-state index in [9.17, 15) is 9.59 Å². The minimum atomic E-state index is -0.521. The first kappa shape index (κ1) is 19.4. The molecule has 0 saturated heterocycles. The average Bonchev–Trinajstić information content (AvgIpc) is 2.43. The zero-order valence-corrected chi connectivity index (χ0v) is 13.5. The lowest BCUT2D eigenvalue weighted by molar-refractivity contribution is -0.140. The number of hydrogen-bond donors (Lipinski definition) is 2. The largest absolute Gasteiger partial charge is 0.368 e.